The first-order valence-electron chi connectivity index (χ1n) is 8.48. The molecule has 8 heteroatoms. The molecule has 25 heavy (non-hydrogen) atoms. The van der Waals surface area contributed by atoms with Crippen LogP contribution in [0.2, 0.25) is 0 Å². The fraction of sp³-hybridized carbons (Fsp3) is 0.647. The zero-order valence-corrected chi connectivity index (χ0v) is 16.6. The molecule has 0 radical (unpaired) electrons. The lowest BCUT2D eigenvalue weighted by Crippen LogP contribution is -2.46. The molecule has 1 aromatic rings. The molecule has 3 rings (SSSR count). The van der Waals surface area contributed by atoms with E-state index >= 15 is 0 Å². The maximum absolute atomic E-state index is 12.2. The predicted octanol–water partition coefficient (Wildman–Crippen LogP) is 2.21. The van der Waals surface area contributed by atoms with E-state index in [2.05, 4.69) is 16.5 Å². The summed E-state index contributed by atoms with van der Waals surface area (Å²) in [5.74, 6) is 1.94. The molecular formula is C17H28ClN3O3S. The summed E-state index contributed by atoms with van der Waals surface area (Å²) in [5.41, 5.74) is 1.22. The molecule has 2 aliphatic rings. The van der Waals surface area contributed by atoms with Gasteiger partial charge in [0.1, 0.15) is 5.76 Å². The number of likely N-dealkylation sites (tertiary alicyclic amines) is 1. The lowest BCUT2D eigenvalue weighted by Gasteiger charge is -2.21. The molecule has 0 aromatic carbocycles. The van der Waals surface area contributed by atoms with E-state index in [-0.39, 0.29) is 18.4 Å². The summed E-state index contributed by atoms with van der Waals surface area (Å²) in [4.78, 5) is 2.35. The van der Waals surface area contributed by atoms with Gasteiger partial charge in [0.25, 0.3) is 10.2 Å². The van der Waals surface area contributed by atoms with Crippen LogP contribution in [0.5, 0.6) is 0 Å². The van der Waals surface area contributed by atoms with Crippen molar-refractivity contribution in [1.82, 2.24) is 13.9 Å². The van der Waals surface area contributed by atoms with Gasteiger partial charge in [-0.15, -0.1) is 12.4 Å². The Balaban J connectivity index is 0.00000225. The highest BCUT2D eigenvalue weighted by molar-refractivity contribution is 7.87. The van der Waals surface area contributed by atoms with Crippen LogP contribution in [0, 0.1) is 11.8 Å². The molecule has 1 aromatic heterocycles. The number of halogens is 1. The highest BCUT2D eigenvalue weighted by Gasteiger charge is 2.43. The molecule has 1 N–H and O–H groups in total. The third-order valence-corrected chi connectivity index (χ3v) is 6.42. The molecule has 6 nitrogen and oxygen atoms in total. The van der Waals surface area contributed by atoms with Gasteiger partial charge in [-0.3, -0.25) is 4.90 Å². The third-order valence-electron chi connectivity index (χ3n) is 4.85. The van der Waals surface area contributed by atoms with Crippen molar-refractivity contribution in [3.8, 4) is 0 Å². The van der Waals surface area contributed by atoms with E-state index in [1.54, 1.807) is 20.4 Å². The summed E-state index contributed by atoms with van der Waals surface area (Å²) in [6.45, 7) is 4.64. The van der Waals surface area contributed by atoms with Gasteiger partial charge in [0.2, 0.25) is 0 Å². The molecule has 2 atom stereocenters. The zero-order valence-electron chi connectivity index (χ0n) is 15.0. The van der Waals surface area contributed by atoms with E-state index < -0.39 is 10.2 Å². The second kappa shape index (κ2) is 8.22. The summed E-state index contributed by atoms with van der Waals surface area (Å²) in [6.07, 6.45) is 6.16. The van der Waals surface area contributed by atoms with Crippen molar-refractivity contribution in [2.24, 2.45) is 11.8 Å². The van der Waals surface area contributed by atoms with Crippen LogP contribution in [0.25, 0.3) is 6.08 Å². The Hall–Kier alpha value is -0.860. The summed E-state index contributed by atoms with van der Waals surface area (Å²) >= 11 is 0. The van der Waals surface area contributed by atoms with E-state index in [0.29, 0.717) is 11.8 Å². The minimum atomic E-state index is -3.39. The Labute approximate surface area is 156 Å². The van der Waals surface area contributed by atoms with Gasteiger partial charge in [0.15, 0.2) is 0 Å². The summed E-state index contributed by atoms with van der Waals surface area (Å²) in [6, 6.07) is 3.82. The number of furan rings is 1. The molecular weight excluding hydrogens is 362 g/mol. The van der Waals surface area contributed by atoms with Gasteiger partial charge in [0, 0.05) is 39.8 Å². The SMILES string of the molecule is CC(=Cc1ccco1)CN1C[C@H](NS(=O)(=O)N(C)C)[C@@H](C2CC2)C1.Cl. The van der Waals surface area contributed by atoms with Crippen LogP contribution in [-0.4, -0.2) is 57.4 Å². The van der Waals surface area contributed by atoms with Crippen LogP contribution >= 0.6 is 12.4 Å². The van der Waals surface area contributed by atoms with E-state index in [0.717, 1.165) is 25.4 Å². The lowest BCUT2D eigenvalue weighted by atomic mass is 9.99. The first-order chi connectivity index (χ1) is 11.3. The minimum absolute atomic E-state index is 0. The van der Waals surface area contributed by atoms with Gasteiger partial charge in [-0.2, -0.15) is 17.4 Å². The van der Waals surface area contributed by atoms with Gasteiger partial charge in [-0.1, -0.05) is 5.57 Å². The van der Waals surface area contributed by atoms with Crippen molar-refractivity contribution < 1.29 is 12.8 Å². The van der Waals surface area contributed by atoms with Crippen molar-refractivity contribution in [3.63, 3.8) is 0 Å². The maximum Gasteiger partial charge on any atom is 0.279 e. The number of rotatable bonds is 7. The Morgan fingerprint density at radius 2 is 2.12 bits per heavy atom. The number of hydrogen-bond acceptors (Lipinski definition) is 4. The highest BCUT2D eigenvalue weighted by Crippen LogP contribution is 2.41. The molecule has 1 aliphatic heterocycles. The van der Waals surface area contributed by atoms with Crippen molar-refractivity contribution >= 4 is 28.7 Å². The Morgan fingerprint density at radius 3 is 2.68 bits per heavy atom. The number of nitrogens with one attached hydrogen (secondary N) is 1. The molecule has 0 unspecified atom stereocenters. The van der Waals surface area contributed by atoms with Crippen LogP contribution in [0.15, 0.2) is 28.4 Å². The Bertz CT molecular complexity index is 684. The predicted molar refractivity (Wildman–Crippen MR) is 102 cm³/mol. The second-order valence-electron chi connectivity index (χ2n) is 7.21. The summed E-state index contributed by atoms with van der Waals surface area (Å²) in [7, 11) is -0.252. The second-order valence-corrected chi connectivity index (χ2v) is 9.13. The molecule has 1 saturated heterocycles. The van der Waals surface area contributed by atoms with Gasteiger partial charge < -0.3 is 4.42 Å². The molecule has 0 amide bonds. The monoisotopic (exact) mass is 389 g/mol. The van der Waals surface area contributed by atoms with Crippen LogP contribution in [0.4, 0.5) is 0 Å². The molecule has 0 spiro atoms. The third kappa shape index (κ3) is 5.31. The van der Waals surface area contributed by atoms with Crippen LogP contribution in [-0.2, 0) is 10.2 Å². The molecule has 142 valence electrons. The molecule has 2 fully saturated rings. The van der Waals surface area contributed by atoms with E-state index in [1.807, 2.05) is 18.2 Å². The Kier molecular flexibility index (Phi) is 6.73. The van der Waals surface area contributed by atoms with Crippen molar-refractivity contribution in [2.45, 2.75) is 25.8 Å². The van der Waals surface area contributed by atoms with Crippen LogP contribution in [0.1, 0.15) is 25.5 Å². The van der Waals surface area contributed by atoms with Gasteiger partial charge >= 0.3 is 0 Å². The minimum Gasteiger partial charge on any atom is -0.465 e. The van der Waals surface area contributed by atoms with E-state index in [1.165, 1.54) is 22.7 Å². The smallest absolute Gasteiger partial charge is 0.279 e. The average molecular weight is 390 g/mol. The van der Waals surface area contributed by atoms with Crippen molar-refractivity contribution in [2.75, 3.05) is 33.7 Å². The molecule has 2 heterocycles. The fourth-order valence-electron chi connectivity index (χ4n) is 3.48. The standard InChI is InChI=1S/C17H27N3O3S.ClH/c1-13(9-15-5-4-8-23-15)10-20-11-16(14-6-7-14)17(12-20)18-24(21,22)19(2)3;/h4-5,8-9,14,16-18H,6-7,10-12H2,1-3H3;1H/t16-,17+;/m1./s1. The summed E-state index contributed by atoms with van der Waals surface area (Å²) in [5, 5.41) is 0. The number of hydrogen-bond donors (Lipinski definition) is 1. The quantitative estimate of drug-likeness (QED) is 0.776. The molecule has 1 aliphatic carbocycles. The first-order valence-corrected chi connectivity index (χ1v) is 9.92. The summed E-state index contributed by atoms with van der Waals surface area (Å²) < 4.78 is 33.9. The number of nitrogens with zero attached hydrogens (tertiary/aromatic N) is 2. The molecule has 1 saturated carbocycles. The first kappa shape index (κ1) is 20.5. The van der Waals surface area contributed by atoms with E-state index in [4.69, 9.17) is 4.42 Å². The normalized spacial score (nSPS) is 25.4. The fourth-order valence-corrected chi connectivity index (χ4v) is 4.32. The highest BCUT2D eigenvalue weighted by atomic mass is 35.5. The van der Waals surface area contributed by atoms with Gasteiger partial charge in [-0.05, 0) is 49.8 Å². The van der Waals surface area contributed by atoms with E-state index in [9.17, 15) is 8.42 Å². The molecule has 0 bridgehead atoms. The van der Waals surface area contributed by atoms with Crippen LogP contribution in [0.3, 0.4) is 0 Å². The topological polar surface area (TPSA) is 65.8 Å². The van der Waals surface area contributed by atoms with Gasteiger partial charge in [0.05, 0.1) is 6.26 Å². The Morgan fingerprint density at radius 1 is 1.40 bits per heavy atom. The zero-order chi connectivity index (χ0) is 17.3. The van der Waals surface area contributed by atoms with Crippen molar-refractivity contribution in [3.05, 3.63) is 29.7 Å². The van der Waals surface area contributed by atoms with Crippen LogP contribution < -0.4 is 4.72 Å². The average Bonchev–Trinajstić information content (AvgIpc) is 3.08. The van der Waals surface area contributed by atoms with Gasteiger partial charge in [-0.25, -0.2) is 0 Å². The van der Waals surface area contributed by atoms with Crippen molar-refractivity contribution in [1.29, 1.82) is 0 Å². The maximum atomic E-state index is 12.2. The largest absolute Gasteiger partial charge is 0.465 e. The lowest BCUT2D eigenvalue weighted by molar-refractivity contribution is 0.342.